The molecule has 2 N–H and O–H groups in total. The standard InChI is InChI=1S/C12H18O6/c1-2-3-4-5-8-16-6-7(17-8)11-9(13)10(14)12(15)18-11/h7-8,11,13-14H,2-6H2,1H3. The topological polar surface area (TPSA) is 85.2 Å². The second-order valence-corrected chi connectivity index (χ2v) is 4.49. The highest BCUT2D eigenvalue weighted by atomic mass is 16.7. The molecule has 0 spiro atoms. The molecule has 1 saturated heterocycles. The molecular weight excluding hydrogens is 240 g/mol. The van der Waals surface area contributed by atoms with Crippen LogP contribution in [-0.2, 0) is 19.0 Å². The monoisotopic (exact) mass is 258 g/mol. The molecule has 2 rings (SSSR count). The van der Waals surface area contributed by atoms with Gasteiger partial charge in [0.25, 0.3) is 0 Å². The number of aliphatic hydroxyl groups excluding tert-OH is 2. The van der Waals surface area contributed by atoms with Gasteiger partial charge < -0.3 is 24.4 Å². The Kier molecular flexibility index (Phi) is 4.08. The van der Waals surface area contributed by atoms with Gasteiger partial charge in [-0.3, -0.25) is 0 Å². The van der Waals surface area contributed by atoms with E-state index in [1.165, 1.54) is 0 Å². The van der Waals surface area contributed by atoms with Crippen LogP contribution in [0, 0.1) is 0 Å². The number of carbonyl (C=O) groups is 1. The average molecular weight is 258 g/mol. The Morgan fingerprint density at radius 1 is 1.33 bits per heavy atom. The first-order valence-corrected chi connectivity index (χ1v) is 6.23. The van der Waals surface area contributed by atoms with E-state index < -0.39 is 29.7 Å². The van der Waals surface area contributed by atoms with Crippen molar-refractivity contribution >= 4 is 5.97 Å². The number of cyclic esters (lactones) is 1. The minimum Gasteiger partial charge on any atom is -0.505 e. The largest absolute Gasteiger partial charge is 0.505 e. The average Bonchev–Trinajstić information content (AvgIpc) is 2.91. The molecule has 1 fully saturated rings. The molecule has 6 heteroatoms. The van der Waals surface area contributed by atoms with Crippen molar-refractivity contribution in [2.45, 2.75) is 51.1 Å². The number of ether oxygens (including phenoxy) is 3. The lowest BCUT2D eigenvalue weighted by Crippen LogP contribution is -2.31. The predicted molar refractivity (Wildman–Crippen MR) is 60.9 cm³/mol. The van der Waals surface area contributed by atoms with Crippen LogP contribution in [0.5, 0.6) is 0 Å². The van der Waals surface area contributed by atoms with Gasteiger partial charge in [-0.15, -0.1) is 0 Å². The predicted octanol–water partition coefficient (Wildman–Crippen LogP) is 1.56. The van der Waals surface area contributed by atoms with E-state index in [0.29, 0.717) is 0 Å². The summed E-state index contributed by atoms with van der Waals surface area (Å²) in [5.74, 6) is -2.13. The van der Waals surface area contributed by atoms with E-state index >= 15 is 0 Å². The van der Waals surface area contributed by atoms with Crippen molar-refractivity contribution in [2.75, 3.05) is 6.61 Å². The van der Waals surface area contributed by atoms with Crippen LogP contribution in [0.25, 0.3) is 0 Å². The van der Waals surface area contributed by atoms with Gasteiger partial charge in [-0.25, -0.2) is 4.79 Å². The summed E-state index contributed by atoms with van der Waals surface area (Å²) >= 11 is 0. The van der Waals surface area contributed by atoms with E-state index in [0.717, 1.165) is 25.7 Å². The van der Waals surface area contributed by atoms with Gasteiger partial charge in [0, 0.05) is 0 Å². The summed E-state index contributed by atoms with van der Waals surface area (Å²) < 4.78 is 15.8. The number of hydrogen-bond donors (Lipinski definition) is 2. The quantitative estimate of drug-likeness (QED) is 0.575. The third-order valence-corrected chi connectivity index (χ3v) is 3.09. The highest BCUT2D eigenvalue weighted by Crippen LogP contribution is 2.28. The molecule has 0 radical (unpaired) electrons. The van der Waals surface area contributed by atoms with Gasteiger partial charge in [-0.2, -0.15) is 0 Å². The van der Waals surface area contributed by atoms with E-state index in [2.05, 4.69) is 6.92 Å². The van der Waals surface area contributed by atoms with Crippen molar-refractivity contribution in [1.29, 1.82) is 0 Å². The molecule has 0 aromatic heterocycles. The summed E-state index contributed by atoms with van der Waals surface area (Å²) in [4.78, 5) is 11.1. The molecule has 0 aromatic carbocycles. The van der Waals surface area contributed by atoms with Crippen molar-refractivity contribution in [3.8, 4) is 0 Å². The van der Waals surface area contributed by atoms with Crippen molar-refractivity contribution in [2.24, 2.45) is 0 Å². The summed E-state index contributed by atoms with van der Waals surface area (Å²) in [5, 5.41) is 18.7. The van der Waals surface area contributed by atoms with E-state index in [1.807, 2.05) is 0 Å². The zero-order valence-electron chi connectivity index (χ0n) is 10.3. The number of rotatable bonds is 5. The molecule has 0 saturated carbocycles. The fourth-order valence-electron chi connectivity index (χ4n) is 2.07. The maximum absolute atomic E-state index is 11.1. The van der Waals surface area contributed by atoms with Gasteiger partial charge in [0.15, 0.2) is 18.2 Å². The third kappa shape index (κ3) is 2.59. The van der Waals surface area contributed by atoms with Crippen molar-refractivity contribution in [3.63, 3.8) is 0 Å². The zero-order valence-corrected chi connectivity index (χ0v) is 10.3. The summed E-state index contributed by atoms with van der Waals surface area (Å²) in [5.41, 5.74) is 0. The van der Waals surface area contributed by atoms with Crippen molar-refractivity contribution in [3.05, 3.63) is 11.5 Å². The first-order chi connectivity index (χ1) is 8.63. The van der Waals surface area contributed by atoms with Crippen LogP contribution in [0.2, 0.25) is 0 Å². The molecule has 6 nitrogen and oxygen atoms in total. The Morgan fingerprint density at radius 3 is 2.72 bits per heavy atom. The molecule has 0 aliphatic carbocycles. The molecular formula is C12H18O6. The zero-order chi connectivity index (χ0) is 13.1. The summed E-state index contributed by atoms with van der Waals surface area (Å²) in [6.45, 7) is 2.36. The van der Waals surface area contributed by atoms with Crippen LogP contribution < -0.4 is 0 Å². The van der Waals surface area contributed by atoms with E-state index in [4.69, 9.17) is 14.2 Å². The fourth-order valence-corrected chi connectivity index (χ4v) is 2.07. The second-order valence-electron chi connectivity index (χ2n) is 4.49. The highest BCUT2D eigenvalue weighted by molar-refractivity contribution is 5.89. The van der Waals surface area contributed by atoms with E-state index in [9.17, 15) is 15.0 Å². The maximum atomic E-state index is 11.1. The number of carbonyl (C=O) groups excluding carboxylic acids is 1. The highest BCUT2D eigenvalue weighted by Gasteiger charge is 2.44. The SMILES string of the molecule is CCCCCC1OCC(C2OC(=O)C(O)=C2O)O1. The lowest BCUT2D eigenvalue weighted by Gasteiger charge is -2.16. The molecule has 3 unspecified atom stereocenters. The number of unbranched alkanes of at least 4 members (excludes halogenated alkanes) is 2. The molecule has 0 bridgehead atoms. The van der Waals surface area contributed by atoms with Crippen LogP contribution in [0.15, 0.2) is 11.5 Å². The fraction of sp³-hybridized carbons (Fsp3) is 0.750. The minimum absolute atomic E-state index is 0.242. The van der Waals surface area contributed by atoms with Crippen LogP contribution in [-0.4, -0.2) is 41.3 Å². The Morgan fingerprint density at radius 2 is 2.11 bits per heavy atom. The van der Waals surface area contributed by atoms with Crippen LogP contribution in [0.3, 0.4) is 0 Å². The first-order valence-electron chi connectivity index (χ1n) is 6.23. The van der Waals surface area contributed by atoms with Crippen LogP contribution in [0.4, 0.5) is 0 Å². The molecule has 102 valence electrons. The van der Waals surface area contributed by atoms with Gasteiger partial charge in [0.1, 0.15) is 6.10 Å². The molecule has 2 heterocycles. The van der Waals surface area contributed by atoms with Gasteiger partial charge in [0.05, 0.1) is 6.61 Å². The summed E-state index contributed by atoms with van der Waals surface area (Å²) in [6, 6.07) is 0. The number of esters is 1. The van der Waals surface area contributed by atoms with Crippen LogP contribution in [0.1, 0.15) is 32.6 Å². The van der Waals surface area contributed by atoms with Gasteiger partial charge in [-0.1, -0.05) is 19.8 Å². The van der Waals surface area contributed by atoms with Gasteiger partial charge in [0.2, 0.25) is 5.76 Å². The Hall–Kier alpha value is -1.27. The number of hydrogen-bond acceptors (Lipinski definition) is 6. The molecule has 18 heavy (non-hydrogen) atoms. The third-order valence-electron chi connectivity index (χ3n) is 3.09. The minimum atomic E-state index is -0.950. The van der Waals surface area contributed by atoms with Gasteiger partial charge in [-0.05, 0) is 12.8 Å². The molecule has 3 atom stereocenters. The lowest BCUT2D eigenvalue weighted by molar-refractivity contribution is -0.149. The van der Waals surface area contributed by atoms with E-state index in [1.54, 1.807) is 0 Å². The number of aliphatic hydroxyl groups is 2. The molecule has 2 aliphatic rings. The van der Waals surface area contributed by atoms with Crippen molar-refractivity contribution in [1.82, 2.24) is 0 Å². The summed E-state index contributed by atoms with van der Waals surface area (Å²) in [7, 11) is 0. The smallest absolute Gasteiger partial charge is 0.377 e. The van der Waals surface area contributed by atoms with Gasteiger partial charge >= 0.3 is 5.97 Å². The molecule has 0 amide bonds. The van der Waals surface area contributed by atoms with Crippen LogP contribution >= 0.6 is 0 Å². The summed E-state index contributed by atoms with van der Waals surface area (Å²) in [6.07, 6.45) is 2.19. The Bertz CT molecular complexity index is 350. The maximum Gasteiger partial charge on any atom is 0.377 e. The van der Waals surface area contributed by atoms with Crippen molar-refractivity contribution < 1.29 is 29.2 Å². The molecule has 0 aromatic rings. The molecule has 2 aliphatic heterocycles. The Balaban J connectivity index is 1.84. The first kappa shape index (κ1) is 13.2. The lowest BCUT2D eigenvalue weighted by atomic mass is 10.2. The van der Waals surface area contributed by atoms with E-state index in [-0.39, 0.29) is 12.9 Å². The second kappa shape index (κ2) is 5.58. The normalized spacial score (nSPS) is 32.1. The Labute approximate surface area is 105 Å².